The Morgan fingerprint density at radius 2 is 0.276 bits per heavy atom. The van der Waals surface area contributed by atoms with Crippen LogP contribution in [0.1, 0.15) is 426 Å². The van der Waals surface area contributed by atoms with Gasteiger partial charge < -0.3 is 0 Å². The van der Waals surface area contributed by atoms with Crippen molar-refractivity contribution in [2.75, 3.05) is 0 Å². The fraction of sp³-hybridized carbons (Fsp3) is 1.00. The van der Waals surface area contributed by atoms with Gasteiger partial charge in [-0.2, -0.15) is 0 Å². The zero-order valence-corrected chi connectivity index (χ0v) is 57.6. The van der Waals surface area contributed by atoms with Crippen LogP contribution in [0.4, 0.5) is 0 Å². The van der Waals surface area contributed by atoms with Crippen molar-refractivity contribution >= 4 is 16.1 Å². The molecule has 76 heavy (non-hydrogen) atoms. The van der Waals surface area contributed by atoms with Crippen molar-refractivity contribution in [1.29, 1.82) is 0 Å². The molecule has 0 N–H and O–H groups in total. The van der Waals surface area contributed by atoms with E-state index in [9.17, 15) is 0 Å². The molecule has 0 saturated heterocycles. The van der Waals surface area contributed by atoms with Crippen LogP contribution in [-0.2, 0) is 0 Å². The van der Waals surface area contributed by atoms with Crippen molar-refractivity contribution < 1.29 is 0 Å². The summed E-state index contributed by atoms with van der Waals surface area (Å²) in [6.45, 7) is 23.2. The Kier molecular flexibility index (Phi) is 60.4. The van der Waals surface area contributed by atoms with Gasteiger partial charge in [0.05, 0.1) is 8.07 Å². The first kappa shape index (κ1) is 76.4. The molecule has 0 aliphatic rings. The van der Waals surface area contributed by atoms with E-state index in [1.54, 1.807) is 25.7 Å². The van der Waals surface area contributed by atoms with Gasteiger partial charge in [0.1, 0.15) is 0 Å². The Morgan fingerprint density at radius 1 is 0.158 bits per heavy atom. The lowest BCUT2D eigenvalue weighted by Crippen LogP contribution is -2.38. The van der Waals surface area contributed by atoms with E-state index in [1.165, 1.54) is 372 Å². The van der Waals surface area contributed by atoms with E-state index in [0.29, 0.717) is 0 Å². The summed E-state index contributed by atoms with van der Waals surface area (Å²) >= 11 is 0. The smallest absolute Gasteiger partial charge is 0.0535 e. The molecule has 0 aromatic heterocycles. The molecule has 0 amide bonds. The molecule has 0 fully saturated rings. The maximum absolute atomic E-state index is 2.92. The van der Waals surface area contributed by atoms with Crippen LogP contribution >= 0.6 is 0 Å². The van der Waals surface area contributed by atoms with Gasteiger partial charge in [0.2, 0.25) is 0 Å². The number of rotatable bonds is 66. The van der Waals surface area contributed by atoms with E-state index in [1.807, 2.05) is 0 Å². The third kappa shape index (κ3) is 52.5. The fourth-order valence-electron chi connectivity index (χ4n) is 13.9. The first-order valence-corrected chi connectivity index (χ1v) is 43.9. The first-order valence-electron chi connectivity index (χ1n) is 37.1. The largest absolute Gasteiger partial charge is 0.0693 e. The second-order valence-electron chi connectivity index (χ2n) is 28.4. The van der Waals surface area contributed by atoms with Gasteiger partial charge in [-0.05, 0) is 16.6 Å². The molecule has 0 saturated carbocycles. The molecule has 0 rings (SSSR count). The molecule has 0 aliphatic carbocycles. The third-order valence-corrected chi connectivity index (χ3v) is 28.2. The SMILES string of the molecule is CCCCCCCCCCCCCC(CCCCCCCCCCCCCCCCCCCCCC(CCCCCCCCCCC)[Si](C)(C)C(CCCCCCCCCC)CCCCCCCCCCC)[Si](C)(C)C. The molecule has 2 heteroatoms. The Morgan fingerprint density at radius 3 is 0.408 bits per heavy atom. The van der Waals surface area contributed by atoms with Gasteiger partial charge in [0.15, 0.2) is 0 Å². The van der Waals surface area contributed by atoms with Crippen molar-refractivity contribution in [1.82, 2.24) is 0 Å². The van der Waals surface area contributed by atoms with Crippen molar-refractivity contribution in [3.05, 3.63) is 0 Å². The highest BCUT2D eigenvalue weighted by Gasteiger charge is 2.37. The van der Waals surface area contributed by atoms with Gasteiger partial charge in [-0.3, -0.25) is 0 Å². The summed E-state index contributed by atoms with van der Waals surface area (Å²) in [5, 5.41) is 0. The molecule has 0 bridgehead atoms. The summed E-state index contributed by atoms with van der Waals surface area (Å²) in [7, 11) is -2.39. The van der Waals surface area contributed by atoms with Crippen LogP contribution in [0.3, 0.4) is 0 Å². The maximum atomic E-state index is 2.92. The fourth-order valence-corrected chi connectivity index (χ4v) is 20.5. The normalized spacial score (nSPS) is 13.5. The second-order valence-corrected chi connectivity index (χ2v) is 39.2. The minimum atomic E-state index is -1.36. The van der Waals surface area contributed by atoms with Gasteiger partial charge in [0.25, 0.3) is 0 Å². The van der Waals surface area contributed by atoms with Crippen molar-refractivity contribution in [2.24, 2.45) is 0 Å². The van der Waals surface area contributed by atoms with Crippen LogP contribution in [0.15, 0.2) is 0 Å². The second kappa shape index (κ2) is 60.0. The Labute approximate surface area is 488 Å². The summed E-state index contributed by atoms with van der Waals surface area (Å²) in [5.74, 6) is 0. The lowest BCUT2D eigenvalue weighted by atomic mass is 10.0. The Balaban J connectivity index is 4.46. The molecule has 0 aromatic carbocycles. The van der Waals surface area contributed by atoms with Gasteiger partial charge >= 0.3 is 0 Å². The summed E-state index contributed by atoms with van der Waals surface area (Å²) in [6.07, 6.45) is 92.4. The van der Waals surface area contributed by atoms with Gasteiger partial charge in [-0.1, -0.05) is 459 Å². The highest BCUT2D eigenvalue weighted by molar-refractivity contribution is 6.80. The molecule has 458 valence electrons. The topological polar surface area (TPSA) is 0 Å². The van der Waals surface area contributed by atoms with Crippen LogP contribution in [-0.4, -0.2) is 16.1 Å². The van der Waals surface area contributed by atoms with E-state index >= 15 is 0 Å². The van der Waals surface area contributed by atoms with E-state index in [0.717, 1.165) is 16.6 Å². The zero-order chi connectivity index (χ0) is 55.6. The minimum absolute atomic E-state index is 1.03. The summed E-state index contributed by atoms with van der Waals surface area (Å²) in [4.78, 5) is 0. The summed E-state index contributed by atoms with van der Waals surface area (Å²) in [5.41, 5.74) is 3.20. The number of hydrogen-bond donors (Lipinski definition) is 0. The molecular formula is C74H154Si2. The average Bonchev–Trinajstić information content (AvgIpc) is 3.40. The highest BCUT2D eigenvalue weighted by atomic mass is 28.3. The predicted octanol–water partition coefficient (Wildman–Crippen LogP) is 29.4. The molecule has 0 heterocycles. The molecule has 3 atom stereocenters. The van der Waals surface area contributed by atoms with Gasteiger partial charge in [0, 0.05) is 8.07 Å². The van der Waals surface area contributed by atoms with Crippen LogP contribution < -0.4 is 0 Å². The third-order valence-electron chi connectivity index (χ3n) is 19.8. The maximum Gasteiger partial charge on any atom is 0.0535 e. The van der Waals surface area contributed by atoms with Crippen LogP contribution in [0.2, 0.25) is 49.4 Å². The number of unbranched alkanes of at least 4 members (excludes halogenated alkanes) is 51. The lowest BCUT2D eigenvalue weighted by molar-refractivity contribution is 0.489. The van der Waals surface area contributed by atoms with Gasteiger partial charge in [-0.25, -0.2) is 0 Å². The van der Waals surface area contributed by atoms with Crippen molar-refractivity contribution in [2.45, 2.75) is 475 Å². The molecule has 3 unspecified atom stereocenters. The van der Waals surface area contributed by atoms with Crippen molar-refractivity contribution in [3.63, 3.8) is 0 Å². The van der Waals surface area contributed by atoms with E-state index in [2.05, 4.69) is 60.4 Å². The van der Waals surface area contributed by atoms with Crippen LogP contribution in [0.5, 0.6) is 0 Å². The van der Waals surface area contributed by atoms with E-state index < -0.39 is 16.1 Å². The zero-order valence-electron chi connectivity index (χ0n) is 55.6. The molecular weight excluding hydrogens is 945 g/mol. The lowest BCUT2D eigenvalue weighted by Gasteiger charge is -2.40. The van der Waals surface area contributed by atoms with Crippen molar-refractivity contribution in [3.8, 4) is 0 Å². The molecule has 0 spiro atoms. The minimum Gasteiger partial charge on any atom is -0.0693 e. The first-order chi connectivity index (χ1) is 37.1. The standard InChI is InChI=1S/C74H154Si2/c1-10-14-18-22-26-30-40-45-49-54-60-66-72(75(5,6)7)67-61-55-50-46-41-38-36-34-32-31-33-35-37-39-42-47-53-59-65-71-74(70-64-58-52-44-28-24-20-16-12-3)76(8,9)73(68-62-56-48-29-25-21-17-13-4)69-63-57-51-43-27-23-19-15-11-2/h72-74H,10-71H2,1-9H3. The monoisotopic (exact) mass is 1100 g/mol. The predicted molar refractivity (Wildman–Crippen MR) is 361 cm³/mol. The van der Waals surface area contributed by atoms with Crippen LogP contribution in [0, 0.1) is 0 Å². The van der Waals surface area contributed by atoms with Gasteiger partial charge in [-0.15, -0.1) is 0 Å². The Hall–Kier alpha value is 0.434. The highest BCUT2D eigenvalue weighted by Crippen LogP contribution is 2.45. The molecule has 0 radical (unpaired) electrons. The van der Waals surface area contributed by atoms with Crippen LogP contribution in [0.25, 0.3) is 0 Å². The Bertz CT molecular complexity index is 1060. The molecule has 0 nitrogen and oxygen atoms in total. The van der Waals surface area contributed by atoms with E-state index in [4.69, 9.17) is 0 Å². The quantitative estimate of drug-likeness (QED) is 0.0421. The average molecular weight is 1100 g/mol. The molecule has 0 aliphatic heterocycles. The molecule has 0 aromatic rings. The number of hydrogen-bond acceptors (Lipinski definition) is 0. The summed E-state index contributed by atoms with van der Waals surface area (Å²) in [6, 6.07) is 0. The van der Waals surface area contributed by atoms with E-state index in [-0.39, 0.29) is 0 Å². The summed E-state index contributed by atoms with van der Waals surface area (Å²) < 4.78 is 0.